The lowest BCUT2D eigenvalue weighted by Crippen LogP contribution is -2.14. The largest absolute Gasteiger partial charge is 0.506 e. The van der Waals surface area contributed by atoms with Gasteiger partial charge in [-0.2, -0.15) is 0 Å². The number of fused-ring (bicyclic) bond motifs is 3. The molecule has 2 aromatic heterocycles. The van der Waals surface area contributed by atoms with Crippen LogP contribution in [0.4, 0.5) is 0 Å². The second-order valence-electron chi connectivity index (χ2n) is 4.58. The highest BCUT2D eigenvalue weighted by molar-refractivity contribution is 6.14. The van der Waals surface area contributed by atoms with E-state index < -0.39 is 33.7 Å². The lowest BCUT2D eigenvalue weighted by Gasteiger charge is -2.09. The number of rotatable bonds is 2. The van der Waals surface area contributed by atoms with Crippen molar-refractivity contribution in [3.8, 4) is 11.5 Å². The summed E-state index contributed by atoms with van der Waals surface area (Å²) in [5, 5.41) is 20.2. The fraction of sp³-hybridized carbons (Fsp3) is 0. The maximum absolute atomic E-state index is 11.7. The molecular formula is C14H8N2O6. The average Bonchev–Trinajstić information content (AvgIpc) is 2.47. The summed E-state index contributed by atoms with van der Waals surface area (Å²) in [6, 6.07) is 2.78. The molecule has 0 atom stereocenters. The van der Waals surface area contributed by atoms with E-state index in [1.807, 2.05) is 0 Å². The number of carbonyl (C=O) groups excluding carboxylic acids is 2. The molecule has 2 heterocycles. The zero-order valence-electron chi connectivity index (χ0n) is 10.8. The van der Waals surface area contributed by atoms with Crippen molar-refractivity contribution < 1.29 is 19.8 Å². The van der Waals surface area contributed by atoms with Gasteiger partial charge < -0.3 is 20.2 Å². The SMILES string of the molecule is O=Cc1c(O)c2c(ccc3[nH]c(=O)c(C=O)c(O)c32)[nH]c1=O. The highest BCUT2D eigenvalue weighted by Gasteiger charge is 2.19. The molecule has 0 aliphatic heterocycles. The molecule has 8 heteroatoms. The van der Waals surface area contributed by atoms with E-state index in [4.69, 9.17) is 0 Å². The van der Waals surface area contributed by atoms with Crippen LogP contribution in [0.5, 0.6) is 11.5 Å². The first kappa shape index (κ1) is 13.6. The maximum Gasteiger partial charge on any atom is 0.262 e. The molecule has 0 spiro atoms. The predicted molar refractivity (Wildman–Crippen MR) is 76.8 cm³/mol. The van der Waals surface area contributed by atoms with Gasteiger partial charge in [0.2, 0.25) is 0 Å². The number of H-pyrrole nitrogens is 2. The molecule has 0 aliphatic carbocycles. The predicted octanol–water partition coefficient (Wildman–Crippen LogP) is 0.406. The molecule has 0 aliphatic rings. The van der Waals surface area contributed by atoms with Crippen molar-refractivity contribution in [2.24, 2.45) is 0 Å². The first-order valence-electron chi connectivity index (χ1n) is 6.06. The average molecular weight is 300 g/mol. The Morgan fingerprint density at radius 1 is 0.773 bits per heavy atom. The van der Waals surface area contributed by atoms with Crippen LogP contribution >= 0.6 is 0 Å². The molecule has 0 fully saturated rings. The highest BCUT2D eigenvalue weighted by atomic mass is 16.3. The molecule has 22 heavy (non-hydrogen) atoms. The Balaban J connectivity index is 2.72. The van der Waals surface area contributed by atoms with Crippen molar-refractivity contribution in [3.63, 3.8) is 0 Å². The summed E-state index contributed by atoms with van der Waals surface area (Å²) in [7, 11) is 0. The summed E-state index contributed by atoms with van der Waals surface area (Å²) >= 11 is 0. The van der Waals surface area contributed by atoms with Crippen molar-refractivity contribution >= 4 is 34.4 Å². The summed E-state index contributed by atoms with van der Waals surface area (Å²) < 4.78 is 0. The van der Waals surface area contributed by atoms with E-state index in [0.717, 1.165) is 0 Å². The van der Waals surface area contributed by atoms with E-state index in [0.29, 0.717) is 0 Å². The van der Waals surface area contributed by atoms with Gasteiger partial charge in [0, 0.05) is 0 Å². The van der Waals surface area contributed by atoms with Gasteiger partial charge in [-0.05, 0) is 12.1 Å². The maximum atomic E-state index is 11.7. The quantitative estimate of drug-likeness (QED) is 0.399. The zero-order chi connectivity index (χ0) is 16.0. The fourth-order valence-electron chi connectivity index (χ4n) is 2.39. The molecule has 1 aromatic carbocycles. The van der Waals surface area contributed by atoms with Gasteiger partial charge in [-0.15, -0.1) is 0 Å². The van der Waals surface area contributed by atoms with E-state index >= 15 is 0 Å². The minimum absolute atomic E-state index is 0.0453. The van der Waals surface area contributed by atoms with Gasteiger partial charge in [-0.3, -0.25) is 19.2 Å². The Labute approximate surface area is 120 Å². The van der Waals surface area contributed by atoms with E-state index in [-0.39, 0.29) is 34.4 Å². The molecule has 0 saturated heterocycles. The van der Waals surface area contributed by atoms with Crippen molar-refractivity contribution in [2.45, 2.75) is 0 Å². The molecule has 110 valence electrons. The third-order valence-electron chi connectivity index (χ3n) is 3.41. The molecule has 0 unspecified atom stereocenters. The van der Waals surface area contributed by atoms with Gasteiger partial charge >= 0.3 is 0 Å². The second-order valence-corrected chi connectivity index (χ2v) is 4.58. The monoisotopic (exact) mass is 300 g/mol. The number of pyridine rings is 2. The Bertz CT molecular complexity index is 990. The number of carbonyl (C=O) groups is 2. The van der Waals surface area contributed by atoms with Crippen LogP contribution in [0.3, 0.4) is 0 Å². The number of aldehydes is 2. The van der Waals surface area contributed by atoms with E-state index in [1.165, 1.54) is 12.1 Å². The molecular weight excluding hydrogens is 292 g/mol. The zero-order valence-corrected chi connectivity index (χ0v) is 10.8. The first-order valence-corrected chi connectivity index (χ1v) is 6.06. The molecule has 0 amide bonds. The fourth-order valence-corrected chi connectivity index (χ4v) is 2.39. The molecule has 8 nitrogen and oxygen atoms in total. The highest BCUT2D eigenvalue weighted by Crippen LogP contribution is 2.36. The van der Waals surface area contributed by atoms with Crippen LogP contribution in [0.2, 0.25) is 0 Å². The van der Waals surface area contributed by atoms with Crippen LogP contribution in [-0.4, -0.2) is 32.8 Å². The third kappa shape index (κ3) is 1.64. The van der Waals surface area contributed by atoms with Crippen LogP contribution in [0.25, 0.3) is 21.8 Å². The number of hydrogen-bond acceptors (Lipinski definition) is 6. The normalized spacial score (nSPS) is 10.9. The third-order valence-corrected chi connectivity index (χ3v) is 3.41. The Morgan fingerprint density at radius 2 is 1.14 bits per heavy atom. The van der Waals surface area contributed by atoms with Crippen LogP contribution in [-0.2, 0) is 0 Å². The van der Waals surface area contributed by atoms with Gasteiger partial charge in [-0.25, -0.2) is 0 Å². The van der Waals surface area contributed by atoms with Gasteiger partial charge in [0.1, 0.15) is 22.6 Å². The van der Waals surface area contributed by atoms with Crippen LogP contribution in [0.15, 0.2) is 21.7 Å². The number of benzene rings is 1. The summed E-state index contributed by atoms with van der Waals surface area (Å²) in [5.74, 6) is -1.28. The number of hydrogen-bond donors (Lipinski definition) is 4. The molecule has 3 aromatic rings. The van der Waals surface area contributed by atoms with Crippen molar-refractivity contribution in [1.29, 1.82) is 0 Å². The van der Waals surface area contributed by atoms with Crippen LogP contribution in [0, 0.1) is 0 Å². The molecule has 0 bridgehead atoms. The lowest BCUT2D eigenvalue weighted by molar-refractivity contribution is 0.111. The van der Waals surface area contributed by atoms with Gasteiger partial charge in [-0.1, -0.05) is 0 Å². The van der Waals surface area contributed by atoms with Crippen molar-refractivity contribution in [1.82, 2.24) is 9.97 Å². The smallest absolute Gasteiger partial charge is 0.262 e. The summed E-state index contributed by atoms with van der Waals surface area (Å²) in [4.78, 5) is 50.0. The molecule has 0 radical (unpaired) electrons. The first-order chi connectivity index (χ1) is 10.5. The lowest BCUT2D eigenvalue weighted by atomic mass is 10.0. The topological polar surface area (TPSA) is 140 Å². The number of nitrogens with one attached hydrogen (secondary N) is 2. The molecule has 4 N–H and O–H groups in total. The number of aromatic nitrogens is 2. The Kier molecular flexibility index (Phi) is 2.81. The molecule has 3 rings (SSSR count). The van der Waals surface area contributed by atoms with Crippen molar-refractivity contribution in [3.05, 3.63) is 44.0 Å². The van der Waals surface area contributed by atoms with Gasteiger partial charge in [0.05, 0.1) is 21.8 Å². The standard InChI is InChI=1S/C14H8N2O6/c17-3-5-11(19)9-7(15-13(5)21)1-2-8-10(9)12(20)6(4-18)14(22)16-8/h1-4H,(H2,15,19,21)(H2,16,20,22). The second kappa shape index (κ2) is 4.55. The van der Waals surface area contributed by atoms with Crippen molar-refractivity contribution in [2.75, 3.05) is 0 Å². The Hall–Kier alpha value is -3.42. The number of aromatic amines is 2. The van der Waals surface area contributed by atoms with Gasteiger partial charge in [0.15, 0.2) is 12.6 Å². The van der Waals surface area contributed by atoms with Crippen LogP contribution < -0.4 is 11.1 Å². The van der Waals surface area contributed by atoms with Gasteiger partial charge in [0.25, 0.3) is 11.1 Å². The van der Waals surface area contributed by atoms with E-state index in [1.54, 1.807) is 0 Å². The minimum atomic E-state index is -0.793. The molecule has 0 saturated carbocycles. The Morgan fingerprint density at radius 3 is 1.45 bits per heavy atom. The summed E-state index contributed by atoms with van der Waals surface area (Å²) in [5.41, 5.74) is -2.34. The van der Waals surface area contributed by atoms with E-state index in [2.05, 4.69) is 9.97 Å². The van der Waals surface area contributed by atoms with E-state index in [9.17, 15) is 29.4 Å². The minimum Gasteiger partial charge on any atom is -0.506 e. The van der Waals surface area contributed by atoms with Crippen LogP contribution in [0.1, 0.15) is 20.7 Å². The summed E-state index contributed by atoms with van der Waals surface area (Å²) in [6.07, 6.45) is 0.353. The number of aromatic hydroxyl groups is 2. The summed E-state index contributed by atoms with van der Waals surface area (Å²) in [6.45, 7) is 0.